The van der Waals surface area contributed by atoms with Gasteiger partial charge in [-0.3, -0.25) is 4.57 Å². The van der Waals surface area contributed by atoms with Crippen molar-refractivity contribution in [3.63, 3.8) is 0 Å². The number of fused-ring (bicyclic) bond motifs is 8. The van der Waals surface area contributed by atoms with Gasteiger partial charge in [0.1, 0.15) is 5.82 Å². The van der Waals surface area contributed by atoms with Crippen LogP contribution in [0.4, 0.5) is 0 Å². The SMILES string of the molecule is c1ccc(-c2cc(-c3ccccc3)nc(-n3c4ccccc4c4c5c6ccccc6n(-c6ccc(-c7nc(-c8ccccc8)c8ccccc8n7)cc6)c5ccc43)c2)cc1. The van der Waals surface area contributed by atoms with Gasteiger partial charge in [-0.05, 0) is 77.9 Å². The van der Waals surface area contributed by atoms with Crippen LogP contribution in [0.5, 0.6) is 0 Å². The molecule has 0 radical (unpaired) electrons. The zero-order valence-electron chi connectivity index (χ0n) is 32.4. The van der Waals surface area contributed by atoms with Gasteiger partial charge in [-0.1, -0.05) is 146 Å². The number of nitrogens with zero attached hydrogens (tertiary/aromatic N) is 5. The Morgan fingerprint density at radius 3 is 1.52 bits per heavy atom. The lowest BCUT2D eigenvalue weighted by Crippen LogP contribution is -2.00. The van der Waals surface area contributed by atoms with E-state index in [1.54, 1.807) is 0 Å². The monoisotopic (exact) mass is 765 g/mol. The van der Waals surface area contributed by atoms with Crippen molar-refractivity contribution in [3.8, 4) is 56.5 Å². The minimum atomic E-state index is 0.705. The standard InChI is InChI=1S/C55H35N5/c1-4-16-36(17-5-1)40-34-46(37-18-6-2-7-19-37)56-51(35-40)60-48-27-15-12-24-44(48)53-50(60)33-32-49-52(53)43-23-11-14-26-47(43)59(49)41-30-28-39(29-31-41)55-57-45-25-13-10-22-42(45)54(58-55)38-20-8-3-9-21-38/h1-35H. The molecule has 60 heavy (non-hydrogen) atoms. The average molecular weight is 766 g/mol. The summed E-state index contributed by atoms with van der Waals surface area (Å²) in [5, 5.41) is 5.85. The molecule has 8 aromatic carbocycles. The fraction of sp³-hybridized carbons (Fsp3) is 0. The van der Waals surface area contributed by atoms with E-state index in [2.05, 4.69) is 203 Å². The molecule has 0 aliphatic heterocycles. The number of benzene rings is 8. The van der Waals surface area contributed by atoms with Crippen molar-refractivity contribution in [2.45, 2.75) is 0 Å². The summed E-state index contributed by atoms with van der Waals surface area (Å²) in [5.41, 5.74) is 13.8. The molecule has 0 N–H and O–H groups in total. The highest BCUT2D eigenvalue weighted by molar-refractivity contribution is 6.28. The van der Waals surface area contributed by atoms with E-state index in [-0.39, 0.29) is 0 Å². The van der Waals surface area contributed by atoms with Crippen LogP contribution in [-0.2, 0) is 0 Å². The third-order valence-corrected chi connectivity index (χ3v) is 11.7. The third kappa shape index (κ3) is 5.44. The normalized spacial score (nSPS) is 11.7. The second kappa shape index (κ2) is 13.8. The largest absolute Gasteiger partial charge is 0.309 e. The van der Waals surface area contributed by atoms with Crippen molar-refractivity contribution >= 4 is 54.5 Å². The number of aromatic nitrogens is 5. The first-order valence-corrected chi connectivity index (χ1v) is 20.3. The summed E-state index contributed by atoms with van der Waals surface area (Å²) in [6.07, 6.45) is 0. The van der Waals surface area contributed by atoms with Crippen LogP contribution in [-0.4, -0.2) is 24.1 Å². The van der Waals surface area contributed by atoms with Gasteiger partial charge in [0.25, 0.3) is 0 Å². The minimum absolute atomic E-state index is 0.705. The van der Waals surface area contributed by atoms with Crippen molar-refractivity contribution < 1.29 is 0 Å². The number of pyridine rings is 1. The Hall–Kier alpha value is -8.15. The maximum atomic E-state index is 5.39. The molecule has 0 spiro atoms. The van der Waals surface area contributed by atoms with Crippen molar-refractivity contribution in [2.24, 2.45) is 0 Å². The summed E-state index contributed by atoms with van der Waals surface area (Å²) in [7, 11) is 0. The lowest BCUT2D eigenvalue weighted by Gasteiger charge is -2.13. The predicted molar refractivity (Wildman–Crippen MR) is 248 cm³/mol. The van der Waals surface area contributed by atoms with Gasteiger partial charge in [-0.25, -0.2) is 15.0 Å². The molecule has 0 bridgehead atoms. The first-order chi connectivity index (χ1) is 29.8. The van der Waals surface area contributed by atoms with Crippen molar-refractivity contribution in [1.82, 2.24) is 24.1 Å². The summed E-state index contributed by atoms with van der Waals surface area (Å²) < 4.78 is 4.73. The lowest BCUT2D eigenvalue weighted by molar-refractivity contribution is 1.08. The molecule has 5 nitrogen and oxygen atoms in total. The molecule has 0 fully saturated rings. The summed E-state index contributed by atoms with van der Waals surface area (Å²) in [5.74, 6) is 1.59. The molecule has 0 aliphatic rings. The molecular weight excluding hydrogens is 731 g/mol. The van der Waals surface area contributed by atoms with Crippen molar-refractivity contribution in [2.75, 3.05) is 0 Å². The molecule has 4 aromatic heterocycles. The number of rotatable bonds is 6. The Morgan fingerprint density at radius 2 is 0.850 bits per heavy atom. The van der Waals surface area contributed by atoms with Crippen LogP contribution in [0.2, 0.25) is 0 Å². The maximum Gasteiger partial charge on any atom is 0.160 e. The van der Waals surface area contributed by atoms with Gasteiger partial charge in [0, 0.05) is 49.3 Å². The van der Waals surface area contributed by atoms with Crippen LogP contribution in [0.1, 0.15) is 0 Å². The second-order valence-electron chi connectivity index (χ2n) is 15.2. The first kappa shape index (κ1) is 33.9. The van der Waals surface area contributed by atoms with E-state index in [0.29, 0.717) is 5.82 Å². The Balaban J connectivity index is 1.06. The highest BCUT2D eigenvalue weighted by atomic mass is 15.1. The highest BCUT2D eigenvalue weighted by Gasteiger charge is 2.22. The highest BCUT2D eigenvalue weighted by Crippen LogP contribution is 2.43. The van der Waals surface area contributed by atoms with Crippen molar-refractivity contribution in [1.29, 1.82) is 0 Å². The van der Waals surface area contributed by atoms with Gasteiger partial charge >= 0.3 is 0 Å². The molecule has 0 saturated carbocycles. The van der Waals surface area contributed by atoms with Crippen molar-refractivity contribution in [3.05, 3.63) is 212 Å². The Morgan fingerprint density at radius 1 is 0.317 bits per heavy atom. The second-order valence-corrected chi connectivity index (χ2v) is 15.2. The van der Waals surface area contributed by atoms with E-state index in [9.17, 15) is 0 Å². The molecule has 280 valence electrons. The van der Waals surface area contributed by atoms with Gasteiger partial charge in [-0.2, -0.15) is 0 Å². The van der Waals surface area contributed by atoms with Gasteiger partial charge in [0.2, 0.25) is 0 Å². The lowest BCUT2D eigenvalue weighted by atomic mass is 10.0. The Kier molecular flexibility index (Phi) is 7.78. The van der Waals surface area contributed by atoms with Crippen LogP contribution < -0.4 is 0 Å². The van der Waals surface area contributed by atoms with E-state index in [0.717, 1.165) is 83.7 Å². The number of hydrogen-bond acceptors (Lipinski definition) is 3. The van der Waals surface area contributed by atoms with Gasteiger partial charge in [-0.15, -0.1) is 0 Å². The summed E-state index contributed by atoms with van der Waals surface area (Å²) in [6.45, 7) is 0. The van der Waals surface area contributed by atoms with Crippen LogP contribution in [0.3, 0.4) is 0 Å². The zero-order chi connectivity index (χ0) is 39.6. The maximum absolute atomic E-state index is 5.39. The first-order valence-electron chi connectivity index (χ1n) is 20.3. The smallest absolute Gasteiger partial charge is 0.160 e. The van der Waals surface area contributed by atoms with Crippen LogP contribution in [0, 0.1) is 0 Å². The average Bonchev–Trinajstić information content (AvgIpc) is 3.85. The van der Waals surface area contributed by atoms with Gasteiger partial charge in [0.15, 0.2) is 5.82 Å². The summed E-state index contributed by atoms with van der Waals surface area (Å²) in [4.78, 5) is 15.6. The van der Waals surface area contributed by atoms with Gasteiger partial charge in [0.05, 0.1) is 39.0 Å². The topological polar surface area (TPSA) is 48.5 Å². The zero-order valence-corrected chi connectivity index (χ0v) is 32.4. The Labute approximate surface area is 346 Å². The molecule has 12 rings (SSSR count). The molecule has 5 heteroatoms. The summed E-state index contributed by atoms with van der Waals surface area (Å²) in [6, 6.07) is 74.8. The van der Waals surface area contributed by atoms with Crippen LogP contribution >= 0.6 is 0 Å². The predicted octanol–water partition coefficient (Wildman–Crippen LogP) is 13.9. The van der Waals surface area contributed by atoms with Crippen LogP contribution in [0.25, 0.3) is 111 Å². The Bertz CT molecular complexity index is 3510. The number of hydrogen-bond donors (Lipinski definition) is 0. The van der Waals surface area contributed by atoms with E-state index >= 15 is 0 Å². The van der Waals surface area contributed by atoms with E-state index in [4.69, 9.17) is 15.0 Å². The molecular formula is C55H35N5. The molecule has 0 aliphatic carbocycles. The fourth-order valence-corrected chi connectivity index (χ4v) is 9.01. The minimum Gasteiger partial charge on any atom is -0.309 e. The molecule has 0 unspecified atom stereocenters. The number of para-hydroxylation sites is 3. The fourth-order valence-electron chi connectivity index (χ4n) is 9.01. The molecule has 12 aromatic rings. The van der Waals surface area contributed by atoms with Crippen LogP contribution in [0.15, 0.2) is 212 Å². The summed E-state index contributed by atoms with van der Waals surface area (Å²) >= 11 is 0. The van der Waals surface area contributed by atoms with E-state index in [1.807, 2.05) is 18.2 Å². The third-order valence-electron chi connectivity index (χ3n) is 11.7. The van der Waals surface area contributed by atoms with E-state index in [1.165, 1.54) is 21.5 Å². The molecule has 0 atom stereocenters. The van der Waals surface area contributed by atoms with Gasteiger partial charge < -0.3 is 4.57 Å². The molecule has 0 amide bonds. The van der Waals surface area contributed by atoms with E-state index < -0.39 is 0 Å². The molecule has 0 saturated heterocycles. The molecule has 4 heterocycles. The quantitative estimate of drug-likeness (QED) is 0.169.